The van der Waals surface area contributed by atoms with Crippen molar-refractivity contribution in [2.24, 2.45) is 0 Å². The molecule has 1 heterocycles. The van der Waals surface area contributed by atoms with Crippen LogP contribution in [0.2, 0.25) is 0 Å². The summed E-state index contributed by atoms with van der Waals surface area (Å²) in [4.78, 5) is 16.8. The molecular formula is C18H19N3O3S. The molecule has 0 aliphatic carbocycles. The SMILES string of the molecule is Cc1ccc(C(=O)c2ccc3nc(N)n(S(=O)(=O)C(C)C)c3c2)cc1. The molecule has 130 valence electrons. The van der Waals surface area contributed by atoms with E-state index in [0.717, 1.165) is 9.54 Å². The van der Waals surface area contributed by atoms with E-state index in [2.05, 4.69) is 4.98 Å². The Labute approximate surface area is 146 Å². The average molecular weight is 357 g/mol. The lowest BCUT2D eigenvalue weighted by molar-refractivity contribution is 0.103. The van der Waals surface area contributed by atoms with E-state index in [4.69, 9.17) is 5.73 Å². The maximum absolute atomic E-state index is 12.7. The fourth-order valence-electron chi connectivity index (χ4n) is 2.56. The number of carbonyl (C=O) groups is 1. The summed E-state index contributed by atoms with van der Waals surface area (Å²) in [7, 11) is -3.69. The van der Waals surface area contributed by atoms with Gasteiger partial charge in [-0.15, -0.1) is 0 Å². The van der Waals surface area contributed by atoms with Crippen molar-refractivity contribution in [3.63, 3.8) is 0 Å². The molecule has 3 aromatic rings. The van der Waals surface area contributed by atoms with Crippen molar-refractivity contribution in [2.45, 2.75) is 26.0 Å². The standard InChI is InChI=1S/C18H19N3O3S/c1-11(2)25(23,24)21-16-10-14(8-9-15(16)20-18(21)19)17(22)13-6-4-12(3)5-7-13/h4-11H,1-3H3,(H2,19,20). The number of aromatic nitrogens is 2. The molecule has 2 aromatic carbocycles. The molecule has 0 saturated heterocycles. The summed E-state index contributed by atoms with van der Waals surface area (Å²) in [6, 6.07) is 12.0. The Morgan fingerprint density at radius 2 is 1.68 bits per heavy atom. The topological polar surface area (TPSA) is 95.1 Å². The highest BCUT2D eigenvalue weighted by Gasteiger charge is 2.25. The van der Waals surface area contributed by atoms with Crippen molar-refractivity contribution < 1.29 is 13.2 Å². The van der Waals surface area contributed by atoms with E-state index in [1.807, 2.05) is 19.1 Å². The van der Waals surface area contributed by atoms with Gasteiger partial charge < -0.3 is 5.73 Å². The molecule has 6 nitrogen and oxygen atoms in total. The van der Waals surface area contributed by atoms with Gasteiger partial charge in [0.2, 0.25) is 16.0 Å². The number of imidazole rings is 1. The van der Waals surface area contributed by atoms with Crippen molar-refractivity contribution in [1.82, 2.24) is 8.96 Å². The highest BCUT2D eigenvalue weighted by molar-refractivity contribution is 7.90. The zero-order chi connectivity index (χ0) is 18.4. The number of fused-ring (bicyclic) bond motifs is 1. The van der Waals surface area contributed by atoms with Crippen molar-refractivity contribution >= 4 is 32.8 Å². The number of nitrogens with zero attached hydrogens (tertiary/aromatic N) is 2. The second-order valence-corrected chi connectivity index (χ2v) is 8.56. The zero-order valence-electron chi connectivity index (χ0n) is 14.2. The molecule has 0 bridgehead atoms. The van der Waals surface area contributed by atoms with E-state index in [9.17, 15) is 13.2 Å². The first-order valence-corrected chi connectivity index (χ1v) is 9.36. The van der Waals surface area contributed by atoms with Crippen LogP contribution >= 0.6 is 0 Å². The van der Waals surface area contributed by atoms with Crippen molar-refractivity contribution in [3.8, 4) is 0 Å². The fourth-order valence-corrected chi connectivity index (χ4v) is 3.71. The number of aryl methyl sites for hydroxylation is 1. The van der Waals surface area contributed by atoms with Crippen molar-refractivity contribution in [1.29, 1.82) is 0 Å². The number of hydrogen-bond acceptors (Lipinski definition) is 5. The summed E-state index contributed by atoms with van der Waals surface area (Å²) in [5, 5.41) is -0.663. The van der Waals surface area contributed by atoms with Crippen LogP contribution in [0.5, 0.6) is 0 Å². The minimum absolute atomic E-state index is 0.108. The Morgan fingerprint density at radius 3 is 2.28 bits per heavy atom. The predicted molar refractivity (Wildman–Crippen MR) is 98.2 cm³/mol. The van der Waals surface area contributed by atoms with Gasteiger partial charge in [0.25, 0.3) is 0 Å². The second-order valence-electron chi connectivity index (χ2n) is 6.23. The molecule has 0 atom stereocenters. The van der Waals surface area contributed by atoms with Crippen LogP contribution in [0.4, 0.5) is 5.95 Å². The van der Waals surface area contributed by atoms with Gasteiger partial charge in [-0.2, -0.15) is 0 Å². The van der Waals surface area contributed by atoms with Crippen LogP contribution < -0.4 is 5.73 Å². The molecule has 1 aromatic heterocycles. The third-order valence-electron chi connectivity index (χ3n) is 4.06. The largest absolute Gasteiger partial charge is 0.368 e. The summed E-state index contributed by atoms with van der Waals surface area (Å²) in [6.45, 7) is 5.09. The first-order valence-electron chi connectivity index (χ1n) is 7.85. The van der Waals surface area contributed by atoms with Gasteiger partial charge >= 0.3 is 0 Å². The number of hydrogen-bond donors (Lipinski definition) is 1. The molecule has 0 aliphatic heterocycles. The van der Waals surface area contributed by atoms with Crippen LogP contribution in [0.1, 0.15) is 35.3 Å². The minimum Gasteiger partial charge on any atom is -0.368 e. The van der Waals surface area contributed by atoms with Crippen LogP contribution in [0.15, 0.2) is 42.5 Å². The molecule has 0 aliphatic rings. The van der Waals surface area contributed by atoms with E-state index < -0.39 is 15.3 Å². The third-order valence-corrected chi connectivity index (χ3v) is 6.15. The molecule has 0 fully saturated rings. The molecule has 3 rings (SSSR count). The Morgan fingerprint density at radius 1 is 1.08 bits per heavy atom. The monoisotopic (exact) mass is 357 g/mol. The lowest BCUT2D eigenvalue weighted by Crippen LogP contribution is -2.23. The summed E-state index contributed by atoms with van der Waals surface area (Å²) >= 11 is 0. The van der Waals surface area contributed by atoms with Gasteiger partial charge in [-0.05, 0) is 39.0 Å². The Hall–Kier alpha value is -2.67. The summed E-state index contributed by atoms with van der Waals surface area (Å²) < 4.78 is 26.2. The Kier molecular flexibility index (Phi) is 4.12. The average Bonchev–Trinajstić information content (AvgIpc) is 2.90. The fraction of sp³-hybridized carbons (Fsp3) is 0.222. The first kappa shape index (κ1) is 17.2. The molecular weight excluding hydrogens is 338 g/mol. The number of anilines is 1. The molecule has 25 heavy (non-hydrogen) atoms. The quantitative estimate of drug-likeness (QED) is 0.725. The molecule has 7 heteroatoms. The maximum atomic E-state index is 12.7. The van der Waals surface area contributed by atoms with Crippen molar-refractivity contribution in [3.05, 3.63) is 59.2 Å². The highest BCUT2D eigenvalue weighted by Crippen LogP contribution is 2.24. The summed E-state index contributed by atoms with van der Waals surface area (Å²) in [6.07, 6.45) is 0. The molecule has 0 unspecified atom stereocenters. The van der Waals surface area contributed by atoms with E-state index in [1.165, 1.54) is 6.07 Å². The number of ketones is 1. The lowest BCUT2D eigenvalue weighted by Gasteiger charge is -2.11. The van der Waals surface area contributed by atoms with E-state index >= 15 is 0 Å². The van der Waals surface area contributed by atoms with Crippen LogP contribution in [-0.4, -0.2) is 28.4 Å². The predicted octanol–water partition coefficient (Wildman–Crippen LogP) is 2.74. The third kappa shape index (κ3) is 2.91. The van der Waals surface area contributed by atoms with Gasteiger partial charge in [0.1, 0.15) is 0 Å². The highest BCUT2D eigenvalue weighted by atomic mass is 32.2. The van der Waals surface area contributed by atoms with Crippen LogP contribution in [0.25, 0.3) is 11.0 Å². The zero-order valence-corrected chi connectivity index (χ0v) is 15.0. The molecule has 0 radical (unpaired) electrons. The van der Waals surface area contributed by atoms with Crippen LogP contribution in [-0.2, 0) is 10.0 Å². The van der Waals surface area contributed by atoms with Gasteiger partial charge in [0.05, 0.1) is 16.3 Å². The van der Waals surface area contributed by atoms with Crippen molar-refractivity contribution in [2.75, 3.05) is 5.73 Å². The lowest BCUT2D eigenvalue weighted by atomic mass is 10.0. The number of carbonyl (C=O) groups excluding carboxylic acids is 1. The van der Waals surface area contributed by atoms with Gasteiger partial charge in [0.15, 0.2) is 5.78 Å². The number of benzene rings is 2. The van der Waals surface area contributed by atoms with E-state index in [0.29, 0.717) is 22.2 Å². The molecule has 0 saturated carbocycles. The van der Waals surface area contributed by atoms with Gasteiger partial charge in [-0.25, -0.2) is 17.4 Å². The summed E-state index contributed by atoms with van der Waals surface area (Å²) in [5.41, 5.74) is 8.54. The second kappa shape index (κ2) is 6.00. The molecule has 0 spiro atoms. The van der Waals surface area contributed by atoms with Gasteiger partial charge in [-0.3, -0.25) is 4.79 Å². The van der Waals surface area contributed by atoms with Gasteiger partial charge in [0, 0.05) is 11.1 Å². The maximum Gasteiger partial charge on any atom is 0.244 e. The van der Waals surface area contributed by atoms with Crippen LogP contribution in [0.3, 0.4) is 0 Å². The molecule has 0 amide bonds. The van der Waals surface area contributed by atoms with E-state index in [1.54, 1.807) is 38.1 Å². The normalized spacial score (nSPS) is 12.0. The Bertz CT molecular complexity index is 1060. The minimum atomic E-state index is -3.69. The Balaban J connectivity index is 2.17. The smallest absolute Gasteiger partial charge is 0.244 e. The number of nitrogens with two attached hydrogens (primary N) is 1. The van der Waals surface area contributed by atoms with Gasteiger partial charge in [-0.1, -0.05) is 29.8 Å². The number of nitrogen functional groups attached to an aromatic ring is 1. The van der Waals surface area contributed by atoms with Crippen LogP contribution in [0, 0.1) is 6.92 Å². The first-order chi connectivity index (χ1) is 11.7. The van der Waals surface area contributed by atoms with E-state index in [-0.39, 0.29) is 11.7 Å². The number of rotatable bonds is 4. The molecule has 2 N–H and O–H groups in total. The summed E-state index contributed by atoms with van der Waals surface area (Å²) in [5.74, 6) is -0.293.